The van der Waals surface area contributed by atoms with Gasteiger partial charge < -0.3 is 4.74 Å². The van der Waals surface area contributed by atoms with Crippen molar-refractivity contribution in [2.24, 2.45) is 0 Å². The molecule has 172 valence electrons. The Bertz CT molecular complexity index is 1350. The standard InChI is InChI=1S/C26H20ClFN2O4/c1-15-6-8-22(16(2)10-15)30-25(32)20(24(31)29-26(30)33)12-17-7-9-23(21(27)13-17)34-14-18-4-3-5-19(28)11-18/h3-13H,14H2,1-2H3,(H,29,31,33)/b20-12+. The van der Waals surface area contributed by atoms with Crippen LogP contribution in [0, 0.1) is 19.7 Å². The van der Waals surface area contributed by atoms with E-state index in [9.17, 15) is 18.8 Å². The predicted molar refractivity (Wildman–Crippen MR) is 127 cm³/mol. The zero-order chi connectivity index (χ0) is 24.4. The fraction of sp³-hybridized carbons (Fsp3) is 0.115. The van der Waals surface area contributed by atoms with E-state index in [-0.39, 0.29) is 23.0 Å². The number of anilines is 1. The molecule has 1 fully saturated rings. The summed E-state index contributed by atoms with van der Waals surface area (Å²) in [5.41, 5.74) is 3.00. The van der Waals surface area contributed by atoms with Crippen molar-refractivity contribution in [3.05, 3.63) is 99.3 Å². The number of carbonyl (C=O) groups excluding carboxylic acids is 3. The summed E-state index contributed by atoms with van der Waals surface area (Å²) in [5.74, 6) is -1.53. The highest BCUT2D eigenvalue weighted by Gasteiger charge is 2.37. The summed E-state index contributed by atoms with van der Waals surface area (Å²) < 4.78 is 19.0. The summed E-state index contributed by atoms with van der Waals surface area (Å²) in [5, 5.41) is 2.46. The number of amides is 4. The van der Waals surface area contributed by atoms with Crippen LogP contribution in [0.25, 0.3) is 6.08 Å². The number of ether oxygens (including phenoxy) is 1. The van der Waals surface area contributed by atoms with Gasteiger partial charge in [0.2, 0.25) is 0 Å². The molecule has 3 aromatic carbocycles. The van der Waals surface area contributed by atoms with E-state index in [1.807, 2.05) is 13.0 Å². The third-order valence-electron chi connectivity index (χ3n) is 5.25. The third-order valence-corrected chi connectivity index (χ3v) is 5.54. The number of barbiturate groups is 1. The summed E-state index contributed by atoms with van der Waals surface area (Å²) in [7, 11) is 0. The Balaban J connectivity index is 1.58. The lowest BCUT2D eigenvalue weighted by Gasteiger charge is -2.27. The van der Waals surface area contributed by atoms with Gasteiger partial charge in [0.1, 0.15) is 23.7 Å². The Labute approximate surface area is 200 Å². The van der Waals surface area contributed by atoms with E-state index in [4.69, 9.17) is 16.3 Å². The van der Waals surface area contributed by atoms with Crippen molar-refractivity contribution >= 4 is 41.2 Å². The first-order valence-corrected chi connectivity index (χ1v) is 10.8. The number of carbonyl (C=O) groups is 3. The average Bonchev–Trinajstić information content (AvgIpc) is 2.77. The van der Waals surface area contributed by atoms with E-state index in [1.54, 1.807) is 43.3 Å². The van der Waals surface area contributed by atoms with Crippen LogP contribution in [0.2, 0.25) is 5.02 Å². The van der Waals surface area contributed by atoms with Gasteiger partial charge in [0.25, 0.3) is 11.8 Å². The van der Waals surface area contributed by atoms with Crippen LogP contribution in [0.15, 0.2) is 66.2 Å². The van der Waals surface area contributed by atoms with Crippen LogP contribution >= 0.6 is 11.6 Å². The molecular formula is C26H20ClFN2O4. The molecule has 1 N–H and O–H groups in total. The number of hydrogen-bond donors (Lipinski definition) is 1. The molecule has 6 nitrogen and oxygen atoms in total. The number of nitrogens with zero attached hydrogens (tertiary/aromatic N) is 1. The Morgan fingerprint density at radius 2 is 1.82 bits per heavy atom. The first-order chi connectivity index (χ1) is 16.2. The van der Waals surface area contributed by atoms with Crippen molar-refractivity contribution in [3.8, 4) is 5.75 Å². The zero-order valence-corrected chi connectivity index (χ0v) is 19.2. The number of nitrogens with one attached hydrogen (secondary N) is 1. The lowest BCUT2D eigenvalue weighted by atomic mass is 10.0. The second kappa shape index (κ2) is 9.49. The fourth-order valence-corrected chi connectivity index (χ4v) is 3.85. The SMILES string of the molecule is Cc1ccc(N2C(=O)NC(=O)/C(=C\c3ccc(OCc4cccc(F)c4)c(Cl)c3)C2=O)c(C)c1. The van der Waals surface area contributed by atoms with Gasteiger partial charge in [-0.15, -0.1) is 0 Å². The predicted octanol–water partition coefficient (Wildman–Crippen LogP) is 5.34. The van der Waals surface area contributed by atoms with Crippen molar-refractivity contribution in [1.82, 2.24) is 5.32 Å². The van der Waals surface area contributed by atoms with Crippen LogP contribution in [0.3, 0.4) is 0 Å². The van der Waals surface area contributed by atoms with Gasteiger partial charge in [-0.25, -0.2) is 14.1 Å². The number of imide groups is 2. The number of urea groups is 1. The first-order valence-electron chi connectivity index (χ1n) is 10.4. The molecule has 3 aromatic rings. The monoisotopic (exact) mass is 478 g/mol. The molecule has 0 spiro atoms. The largest absolute Gasteiger partial charge is 0.487 e. The Kier molecular flexibility index (Phi) is 6.47. The molecule has 0 saturated carbocycles. The minimum absolute atomic E-state index is 0.117. The number of rotatable bonds is 5. The van der Waals surface area contributed by atoms with Gasteiger partial charge in [-0.05, 0) is 66.9 Å². The third kappa shape index (κ3) is 4.84. The number of halogens is 2. The van der Waals surface area contributed by atoms with Gasteiger partial charge in [-0.3, -0.25) is 14.9 Å². The molecule has 1 saturated heterocycles. The summed E-state index contributed by atoms with van der Waals surface area (Å²) in [4.78, 5) is 38.9. The maximum Gasteiger partial charge on any atom is 0.335 e. The van der Waals surface area contributed by atoms with Crippen LogP contribution in [0.1, 0.15) is 22.3 Å². The van der Waals surface area contributed by atoms with Crippen LogP contribution in [-0.2, 0) is 16.2 Å². The van der Waals surface area contributed by atoms with E-state index in [1.165, 1.54) is 24.3 Å². The normalized spacial score (nSPS) is 15.0. The highest BCUT2D eigenvalue weighted by atomic mass is 35.5. The van der Waals surface area contributed by atoms with E-state index >= 15 is 0 Å². The lowest BCUT2D eigenvalue weighted by molar-refractivity contribution is -0.122. The van der Waals surface area contributed by atoms with E-state index in [0.717, 1.165) is 16.0 Å². The zero-order valence-electron chi connectivity index (χ0n) is 18.4. The maximum absolute atomic E-state index is 13.3. The van der Waals surface area contributed by atoms with Crippen molar-refractivity contribution < 1.29 is 23.5 Å². The Morgan fingerprint density at radius 1 is 1.03 bits per heavy atom. The molecule has 4 amide bonds. The number of hydrogen-bond acceptors (Lipinski definition) is 4. The molecule has 0 aromatic heterocycles. The first kappa shape index (κ1) is 23.2. The molecule has 8 heteroatoms. The quantitative estimate of drug-likeness (QED) is 0.396. The minimum Gasteiger partial charge on any atom is -0.487 e. The summed E-state index contributed by atoms with van der Waals surface area (Å²) >= 11 is 6.32. The van der Waals surface area contributed by atoms with Crippen LogP contribution in [0.5, 0.6) is 5.75 Å². The van der Waals surface area contributed by atoms with E-state index in [0.29, 0.717) is 22.6 Å². The van der Waals surface area contributed by atoms with Crippen molar-refractivity contribution in [2.75, 3.05) is 4.90 Å². The van der Waals surface area contributed by atoms with Gasteiger partial charge in [0.05, 0.1) is 10.7 Å². The molecule has 1 aliphatic heterocycles. The number of aryl methyl sites for hydroxylation is 2. The molecule has 0 aliphatic carbocycles. The second-order valence-corrected chi connectivity index (χ2v) is 8.26. The van der Waals surface area contributed by atoms with Crippen molar-refractivity contribution in [2.45, 2.75) is 20.5 Å². The summed E-state index contributed by atoms with van der Waals surface area (Å²) in [6, 6.07) is 15.3. The van der Waals surface area contributed by atoms with Crippen LogP contribution in [-0.4, -0.2) is 17.8 Å². The van der Waals surface area contributed by atoms with Crippen LogP contribution in [0.4, 0.5) is 14.9 Å². The molecule has 0 bridgehead atoms. The van der Waals surface area contributed by atoms with E-state index < -0.39 is 17.8 Å². The highest BCUT2D eigenvalue weighted by molar-refractivity contribution is 6.39. The average molecular weight is 479 g/mol. The van der Waals surface area contributed by atoms with Gasteiger partial charge in [-0.1, -0.05) is 47.5 Å². The van der Waals surface area contributed by atoms with Gasteiger partial charge in [-0.2, -0.15) is 0 Å². The molecule has 4 rings (SSSR count). The molecule has 34 heavy (non-hydrogen) atoms. The molecule has 1 aliphatic rings. The molecule has 1 heterocycles. The summed E-state index contributed by atoms with van der Waals surface area (Å²) in [6.07, 6.45) is 1.36. The highest BCUT2D eigenvalue weighted by Crippen LogP contribution is 2.29. The topological polar surface area (TPSA) is 75.7 Å². The van der Waals surface area contributed by atoms with Crippen molar-refractivity contribution in [3.63, 3.8) is 0 Å². The smallest absolute Gasteiger partial charge is 0.335 e. The summed E-state index contributed by atoms with van der Waals surface area (Å²) in [6.45, 7) is 3.80. The van der Waals surface area contributed by atoms with Crippen molar-refractivity contribution in [1.29, 1.82) is 0 Å². The van der Waals surface area contributed by atoms with Gasteiger partial charge in [0.15, 0.2) is 0 Å². The van der Waals surface area contributed by atoms with Crippen LogP contribution < -0.4 is 15.0 Å². The molecule has 0 atom stereocenters. The van der Waals surface area contributed by atoms with Gasteiger partial charge >= 0.3 is 6.03 Å². The molecule has 0 radical (unpaired) electrons. The van der Waals surface area contributed by atoms with Gasteiger partial charge in [0, 0.05) is 0 Å². The molecular weight excluding hydrogens is 459 g/mol. The maximum atomic E-state index is 13.3. The molecule has 0 unspecified atom stereocenters. The van der Waals surface area contributed by atoms with E-state index in [2.05, 4.69) is 5.32 Å². The number of benzene rings is 3. The fourth-order valence-electron chi connectivity index (χ4n) is 3.61. The Hall–Kier alpha value is -3.97. The Morgan fingerprint density at radius 3 is 2.53 bits per heavy atom. The lowest BCUT2D eigenvalue weighted by Crippen LogP contribution is -2.54. The minimum atomic E-state index is -0.807. The second-order valence-electron chi connectivity index (χ2n) is 7.86.